The number of aryl methyl sites for hydroxylation is 1. The quantitative estimate of drug-likeness (QED) is 0.0698. The molecule has 224 valence electrons. The van der Waals surface area contributed by atoms with Crippen molar-refractivity contribution in [2.75, 3.05) is 10.6 Å². The summed E-state index contributed by atoms with van der Waals surface area (Å²) in [5.74, 6) is -1.43. The van der Waals surface area contributed by atoms with Crippen molar-refractivity contribution >= 4 is 75.8 Å². The minimum Gasteiger partial charge on any atom is -0.325 e. The van der Waals surface area contributed by atoms with Crippen LogP contribution in [0.2, 0.25) is 10.0 Å². The number of hydrogen-bond donors (Lipinski definition) is 3. The topological polar surface area (TPSA) is 130 Å². The van der Waals surface area contributed by atoms with Crippen molar-refractivity contribution in [1.82, 2.24) is 5.32 Å². The van der Waals surface area contributed by atoms with Crippen LogP contribution < -0.4 is 16.0 Å². The number of hydrogen-bond acceptors (Lipinski definition) is 6. The number of benzene rings is 4. The van der Waals surface area contributed by atoms with Crippen molar-refractivity contribution in [1.29, 1.82) is 0 Å². The zero-order valence-corrected chi connectivity index (χ0v) is 25.8. The van der Waals surface area contributed by atoms with Gasteiger partial charge in [0, 0.05) is 38.3 Å². The lowest BCUT2D eigenvalue weighted by Crippen LogP contribution is -2.30. The highest BCUT2D eigenvalue weighted by Gasteiger charge is 2.19. The molecule has 3 N–H and O–H groups in total. The third-order valence-electron chi connectivity index (χ3n) is 6.25. The highest BCUT2D eigenvalue weighted by Crippen LogP contribution is 2.29. The number of nitro benzene ring substituents is 1. The van der Waals surface area contributed by atoms with Crippen molar-refractivity contribution in [2.24, 2.45) is 0 Å². The van der Waals surface area contributed by atoms with Gasteiger partial charge in [0.25, 0.3) is 17.5 Å². The lowest BCUT2D eigenvalue weighted by atomic mass is 10.1. The Morgan fingerprint density at radius 2 is 1.66 bits per heavy atom. The second kappa shape index (κ2) is 14.7. The van der Waals surface area contributed by atoms with Crippen LogP contribution in [0.4, 0.5) is 17.1 Å². The number of anilines is 2. The Balaban J connectivity index is 1.50. The molecule has 0 spiro atoms. The number of nitro groups is 1. The largest absolute Gasteiger partial charge is 0.325 e. The summed E-state index contributed by atoms with van der Waals surface area (Å²) in [4.78, 5) is 50.6. The zero-order chi connectivity index (χ0) is 31.8. The molecule has 9 nitrogen and oxygen atoms in total. The van der Waals surface area contributed by atoms with Gasteiger partial charge in [-0.1, -0.05) is 59.6 Å². The van der Waals surface area contributed by atoms with E-state index in [1.54, 1.807) is 86.6 Å². The van der Waals surface area contributed by atoms with E-state index in [1.807, 2.05) is 0 Å². The van der Waals surface area contributed by atoms with E-state index in [-0.39, 0.29) is 17.3 Å². The number of amides is 3. The van der Waals surface area contributed by atoms with E-state index in [9.17, 15) is 24.5 Å². The van der Waals surface area contributed by atoms with Crippen molar-refractivity contribution in [2.45, 2.75) is 24.0 Å². The molecule has 4 rings (SSSR count). The van der Waals surface area contributed by atoms with Crippen LogP contribution in [0.15, 0.2) is 102 Å². The molecule has 0 saturated heterocycles. The van der Waals surface area contributed by atoms with Crippen LogP contribution in [0.25, 0.3) is 6.08 Å². The molecule has 4 aromatic carbocycles. The van der Waals surface area contributed by atoms with Gasteiger partial charge >= 0.3 is 0 Å². The fourth-order valence-electron chi connectivity index (χ4n) is 3.91. The minimum absolute atomic E-state index is 0.0544. The maximum absolute atomic E-state index is 13.4. The Labute approximate surface area is 267 Å². The van der Waals surface area contributed by atoms with Crippen molar-refractivity contribution in [3.63, 3.8) is 0 Å². The van der Waals surface area contributed by atoms with Crippen molar-refractivity contribution in [3.05, 3.63) is 134 Å². The number of rotatable bonds is 10. The Bertz CT molecular complexity index is 1770. The number of nitrogens with one attached hydrogen (secondary N) is 3. The summed E-state index contributed by atoms with van der Waals surface area (Å²) in [6.07, 6.45) is 1.45. The predicted molar refractivity (Wildman–Crippen MR) is 175 cm³/mol. The molecule has 0 radical (unpaired) electrons. The molecule has 1 atom stereocenters. The van der Waals surface area contributed by atoms with E-state index >= 15 is 0 Å². The number of halogens is 2. The van der Waals surface area contributed by atoms with Crippen LogP contribution in [0, 0.1) is 17.0 Å². The highest BCUT2D eigenvalue weighted by molar-refractivity contribution is 8.00. The molecule has 3 amide bonds. The van der Waals surface area contributed by atoms with Crippen molar-refractivity contribution in [3.8, 4) is 0 Å². The summed E-state index contributed by atoms with van der Waals surface area (Å²) < 4.78 is 0. The third kappa shape index (κ3) is 8.70. The first-order valence-corrected chi connectivity index (χ1v) is 14.8. The SMILES string of the molecule is Cc1ccc([N+](=O)[O-])cc1NC(=O)C(C)Sc1cccc(NC(=O)/C(=C\c2ccc(Cl)cc2Cl)NC(=O)c2ccccc2)c1. The Hall–Kier alpha value is -4.64. The molecule has 0 aromatic heterocycles. The fourth-order valence-corrected chi connectivity index (χ4v) is 5.30. The van der Waals surface area contributed by atoms with Crippen LogP contribution in [-0.4, -0.2) is 27.9 Å². The Morgan fingerprint density at radius 1 is 0.909 bits per heavy atom. The van der Waals surface area contributed by atoms with E-state index in [4.69, 9.17) is 23.2 Å². The van der Waals surface area contributed by atoms with E-state index < -0.39 is 22.0 Å². The lowest BCUT2D eigenvalue weighted by molar-refractivity contribution is -0.384. The molecule has 4 aromatic rings. The molecule has 0 aliphatic rings. The predicted octanol–water partition coefficient (Wildman–Crippen LogP) is 7.74. The number of carbonyl (C=O) groups excluding carboxylic acids is 3. The van der Waals surface area contributed by atoms with Gasteiger partial charge in [0.2, 0.25) is 5.91 Å². The Morgan fingerprint density at radius 3 is 2.36 bits per heavy atom. The molecule has 0 aliphatic heterocycles. The molecular weight excluding hydrogens is 623 g/mol. The second-order valence-corrected chi connectivity index (χ2v) is 11.8. The van der Waals surface area contributed by atoms with Crippen LogP contribution in [-0.2, 0) is 9.59 Å². The van der Waals surface area contributed by atoms with E-state index in [0.717, 1.165) is 0 Å². The number of carbonyl (C=O) groups is 3. The average Bonchev–Trinajstić information content (AvgIpc) is 2.99. The van der Waals surface area contributed by atoms with E-state index in [0.29, 0.717) is 43.0 Å². The molecular formula is C32H26Cl2N4O5S. The standard InChI is InChI=1S/C32H26Cl2N4O5S/c1-19-11-14-25(38(42)43)18-28(19)36-30(39)20(2)44-26-10-6-9-24(17-26)35-32(41)29(15-22-12-13-23(33)16-27(22)34)37-31(40)21-7-4-3-5-8-21/h3-18,20H,1-2H3,(H,35,41)(H,36,39)(H,37,40)/b29-15+. The molecule has 0 saturated carbocycles. The number of non-ortho nitro benzene ring substituents is 1. The highest BCUT2D eigenvalue weighted by atomic mass is 35.5. The number of thioether (sulfide) groups is 1. The Kier molecular flexibility index (Phi) is 10.8. The monoisotopic (exact) mass is 648 g/mol. The summed E-state index contributed by atoms with van der Waals surface area (Å²) >= 11 is 13.6. The van der Waals surface area contributed by atoms with E-state index in [2.05, 4.69) is 16.0 Å². The minimum atomic E-state index is -0.602. The van der Waals surface area contributed by atoms with Gasteiger partial charge in [-0.2, -0.15) is 0 Å². The molecule has 0 bridgehead atoms. The van der Waals surface area contributed by atoms with Crippen LogP contribution >= 0.6 is 35.0 Å². The van der Waals surface area contributed by atoms with Gasteiger partial charge in [0.1, 0.15) is 5.70 Å². The summed E-state index contributed by atoms with van der Waals surface area (Å²) in [5, 5.41) is 19.5. The maximum Gasteiger partial charge on any atom is 0.272 e. The maximum atomic E-state index is 13.4. The summed E-state index contributed by atoms with van der Waals surface area (Å²) in [6.45, 7) is 3.45. The van der Waals surface area contributed by atoms with Crippen molar-refractivity contribution < 1.29 is 19.3 Å². The zero-order valence-electron chi connectivity index (χ0n) is 23.5. The van der Waals surface area contributed by atoms with Gasteiger partial charge in [0.05, 0.1) is 15.9 Å². The van der Waals surface area contributed by atoms with Crippen LogP contribution in [0.5, 0.6) is 0 Å². The first-order chi connectivity index (χ1) is 21.0. The normalized spacial score (nSPS) is 11.8. The van der Waals surface area contributed by atoms with Gasteiger partial charge in [-0.3, -0.25) is 24.5 Å². The van der Waals surface area contributed by atoms with Gasteiger partial charge in [0.15, 0.2) is 0 Å². The molecule has 12 heteroatoms. The molecule has 1 unspecified atom stereocenters. The van der Waals surface area contributed by atoms with Crippen LogP contribution in [0.1, 0.15) is 28.4 Å². The molecule has 0 heterocycles. The lowest BCUT2D eigenvalue weighted by Gasteiger charge is -2.15. The summed E-state index contributed by atoms with van der Waals surface area (Å²) in [7, 11) is 0. The van der Waals surface area contributed by atoms with Crippen LogP contribution in [0.3, 0.4) is 0 Å². The van der Waals surface area contributed by atoms with Gasteiger partial charge < -0.3 is 16.0 Å². The smallest absolute Gasteiger partial charge is 0.272 e. The molecule has 0 fully saturated rings. The van der Waals surface area contributed by atoms with Gasteiger partial charge in [-0.15, -0.1) is 11.8 Å². The fraction of sp³-hybridized carbons (Fsp3) is 0.0938. The second-order valence-electron chi connectivity index (χ2n) is 9.53. The van der Waals surface area contributed by atoms with E-state index in [1.165, 1.54) is 36.0 Å². The van der Waals surface area contributed by atoms with Gasteiger partial charge in [-0.05, 0) is 73.5 Å². The first kappa shape index (κ1) is 32.3. The molecule has 44 heavy (non-hydrogen) atoms. The third-order valence-corrected chi connectivity index (χ3v) is 7.91. The first-order valence-electron chi connectivity index (χ1n) is 13.2. The molecule has 0 aliphatic carbocycles. The average molecular weight is 650 g/mol. The number of nitrogens with zero attached hydrogens (tertiary/aromatic N) is 1. The summed E-state index contributed by atoms with van der Waals surface area (Å²) in [6, 6.07) is 24.4. The van der Waals surface area contributed by atoms with Gasteiger partial charge in [-0.25, -0.2) is 0 Å². The summed E-state index contributed by atoms with van der Waals surface area (Å²) in [5.41, 5.74) is 2.12.